The van der Waals surface area contributed by atoms with E-state index in [2.05, 4.69) is 5.32 Å². The summed E-state index contributed by atoms with van der Waals surface area (Å²) in [5, 5.41) is 12.5. The topological polar surface area (TPSA) is 100 Å². The Morgan fingerprint density at radius 1 is 1.11 bits per heavy atom. The third-order valence-electron chi connectivity index (χ3n) is 5.85. The van der Waals surface area contributed by atoms with E-state index >= 15 is 0 Å². The molecule has 1 aliphatic carbocycles. The number of hydrogen-bond acceptors (Lipinski definition) is 5. The zero-order valence-electron chi connectivity index (χ0n) is 16.0. The van der Waals surface area contributed by atoms with Crippen molar-refractivity contribution >= 4 is 11.7 Å². The van der Waals surface area contributed by atoms with Gasteiger partial charge >= 0.3 is 5.69 Å². The Bertz CT molecular complexity index is 865. The number of aromatic nitrogens is 2. The molecular weight excluding hydrogens is 346 g/mol. The molecule has 0 radical (unpaired) electrons. The van der Waals surface area contributed by atoms with Gasteiger partial charge in [-0.25, -0.2) is 4.79 Å². The first kappa shape index (κ1) is 19.2. The SMILES string of the molecule is Cn1c(N2CCC(NC(=O)CC3CCCC3)CC2)c(C#N)c(=O)n(C)c1=O. The van der Waals surface area contributed by atoms with Crippen LogP contribution in [0.25, 0.3) is 0 Å². The van der Waals surface area contributed by atoms with Crippen molar-refractivity contribution in [2.45, 2.75) is 51.0 Å². The molecule has 8 nitrogen and oxygen atoms in total. The van der Waals surface area contributed by atoms with Crippen LogP contribution >= 0.6 is 0 Å². The molecule has 1 aromatic heterocycles. The second-order valence-electron chi connectivity index (χ2n) is 7.70. The zero-order chi connectivity index (χ0) is 19.6. The highest BCUT2D eigenvalue weighted by Gasteiger charge is 2.27. The molecule has 0 unspecified atom stereocenters. The third kappa shape index (κ3) is 3.92. The summed E-state index contributed by atoms with van der Waals surface area (Å²) >= 11 is 0. The van der Waals surface area contributed by atoms with Crippen molar-refractivity contribution < 1.29 is 4.79 Å². The molecule has 0 spiro atoms. The summed E-state index contributed by atoms with van der Waals surface area (Å²) in [6, 6.07) is 2.05. The quantitative estimate of drug-likeness (QED) is 0.834. The minimum atomic E-state index is -0.567. The number of amides is 1. The number of nitrogens with zero attached hydrogens (tertiary/aromatic N) is 4. The maximum absolute atomic E-state index is 12.3. The minimum Gasteiger partial charge on any atom is -0.356 e. The summed E-state index contributed by atoms with van der Waals surface area (Å²) in [5.74, 6) is 1.03. The van der Waals surface area contributed by atoms with Gasteiger partial charge in [-0.3, -0.25) is 18.7 Å². The van der Waals surface area contributed by atoms with E-state index in [1.165, 1.54) is 24.5 Å². The first-order valence-electron chi connectivity index (χ1n) is 9.66. The second-order valence-corrected chi connectivity index (χ2v) is 7.70. The number of nitrogens with one attached hydrogen (secondary N) is 1. The summed E-state index contributed by atoms with van der Waals surface area (Å²) in [6.07, 6.45) is 6.83. The van der Waals surface area contributed by atoms with E-state index in [0.29, 0.717) is 31.2 Å². The monoisotopic (exact) mass is 373 g/mol. The molecule has 1 amide bonds. The highest BCUT2D eigenvalue weighted by atomic mass is 16.2. The van der Waals surface area contributed by atoms with E-state index in [4.69, 9.17) is 0 Å². The molecule has 1 aromatic rings. The largest absolute Gasteiger partial charge is 0.356 e. The molecule has 0 atom stereocenters. The molecule has 1 saturated carbocycles. The van der Waals surface area contributed by atoms with Gasteiger partial charge in [0.25, 0.3) is 5.56 Å². The first-order chi connectivity index (χ1) is 12.9. The molecule has 8 heteroatoms. The van der Waals surface area contributed by atoms with E-state index in [1.54, 1.807) is 7.05 Å². The molecule has 1 aliphatic heterocycles. The number of carbonyl (C=O) groups excluding carboxylic acids is 1. The molecule has 0 aromatic carbocycles. The van der Waals surface area contributed by atoms with Crippen molar-refractivity contribution in [3.05, 3.63) is 26.4 Å². The van der Waals surface area contributed by atoms with Gasteiger partial charge in [0.15, 0.2) is 5.56 Å². The first-order valence-corrected chi connectivity index (χ1v) is 9.66. The van der Waals surface area contributed by atoms with Gasteiger partial charge in [-0.05, 0) is 31.6 Å². The Labute approximate surface area is 158 Å². The third-order valence-corrected chi connectivity index (χ3v) is 5.85. The Hall–Kier alpha value is -2.56. The minimum absolute atomic E-state index is 0.0108. The number of rotatable bonds is 4. The van der Waals surface area contributed by atoms with Crippen LogP contribution in [0.2, 0.25) is 0 Å². The lowest BCUT2D eigenvalue weighted by Gasteiger charge is -2.35. The number of nitriles is 1. The summed E-state index contributed by atoms with van der Waals surface area (Å²) in [7, 11) is 2.95. The lowest BCUT2D eigenvalue weighted by atomic mass is 10.0. The van der Waals surface area contributed by atoms with Crippen molar-refractivity contribution in [1.82, 2.24) is 14.5 Å². The van der Waals surface area contributed by atoms with Crippen LogP contribution in [0.4, 0.5) is 5.82 Å². The van der Waals surface area contributed by atoms with E-state index in [9.17, 15) is 19.6 Å². The van der Waals surface area contributed by atoms with E-state index in [1.807, 2.05) is 11.0 Å². The van der Waals surface area contributed by atoms with Crippen molar-refractivity contribution in [3.8, 4) is 6.07 Å². The summed E-state index contributed by atoms with van der Waals surface area (Å²) in [4.78, 5) is 38.6. The lowest BCUT2D eigenvalue weighted by Crippen LogP contribution is -2.48. The van der Waals surface area contributed by atoms with Crippen molar-refractivity contribution in [2.75, 3.05) is 18.0 Å². The number of hydrogen-bond donors (Lipinski definition) is 1. The van der Waals surface area contributed by atoms with Crippen LogP contribution in [0.3, 0.4) is 0 Å². The predicted octanol–water partition coefficient (Wildman–Crippen LogP) is 0.621. The summed E-state index contributed by atoms with van der Waals surface area (Å²) < 4.78 is 2.32. The molecule has 2 fully saturated rings. The highest BCUT2D eigenvalue weighted by Crippen LogP contribution is 2.27. The van der Waals surface area contributed by atoms with Gasteiger partial charge in [0.1, 0.15) is 11.9 Å². The van der Waals surface area contributed by atoms with Crippen LogP contribution in [-0.4, -0.2) is 34.2 Å². The summed E-state index contributed by atoms with van der Waals surface area (Å²) in [5.41, 5.74) is -1.02. The van der Waals surface area contributed by atoms with Crippen LogP contribution in [0.1, 0.15) is 50.5 Å². The van der Waals surface area contributed by atoms with E-state index in [-0.39, 0.29) is 17.5 Å². The predicted molar refractivity (Wildman–Crippen MR) is 102 cm³/mol. The average molecular weight is 373 g/mol. The normalized spacial score (nSPS) is 18.5. The van der Waals surface area contributed by atoms with Gasteiger partial charge in [0.2, 0.25) is 5.91 Å². The van der Waals surface area contributed by atoms with Crippen LogP contribution < -0.4 is 21.5 Å². The smallest absolute Gasteiger partial charge is 0.332 e. The molecule has 27 heavy (non-hydrogen) atoms. The number of anilines is 1. The molecule has 1 saturated heterocycles. The fourth-order valence-electron chi connectivity index (χ4n) is 4.30. The highest BCUT2D eigenvalue weighted by molar-refractivity contribution is 5.76. The van der Waals surface area contributed by atoms with E-state index < -0.39 is 11.2 Å². The lowest BCUT2D eigenvalue weighted by molar-refractivity contribution is -0.122. The van der Waals surface area contributed by atoms with Gasteiger partial charge in [-0.1, -0.05) is 12.8 Å². The Morgan fingerprint density at radius 2 is 1.74 bits per heavy atom. The Balaban J connectivity index is 1.66. The Kier molecular flexibility index (Phi) is 5.68. The van der Waals surface area contributed by atoms with Crippen LogP contribution in [-0.2, 0) is 18.9 Å². The van der Waals surface area contributed by atoms with Gasteiger partial charge < -0.3 is 10.2 Å². The fourth-order valence-corrected chi connectivity index (χ4v) is 4.30. The van der Waals surface area contributed by atoms with Crippen molar-refractivity contribution in [3.63, 3.8) is 0 Å². The molecule has 2 heterocycles. The number of piperidine rings is 1. The van der Waals surface area contributed by atoms with Gasteiger partial charge in [0.05, 0.1) is 0 Å². The molecule has 2 aliphatic rings. The summed E-state index contributed by atoms with van der Waals surface area (Å²) in [6.45, 7) is 1.17. The standard InChI is InChI=1S/C19H27N5O3/c1-22-17(15(12-20)18(26)23(2)19(22)27)24-9-7-14(8-10-24)21-16(25)11-13-5-3-4-6-13/h13-14H,3-11H2,1-2H3,(H,21,25). The van der Waals surface area contributed by atoms with Crippen molar-refractivity contribution in [1.29, 1.82) is 5.26 Å². The maximum atomic E-state index is 12.3. The maximum Gasteiger partial charge on any atom is 0.332 e. The van der Waals surface area contributed by atoms with Gasteiger partial charge in [-0.15, -0.1) is 0 Å². The molecule has 0 bridgehead atoms. The average Bonchev–Trinajstić information content (AvgIpc) is 3.16. The number of carbonyl (C=O) groups is 1. The fraction of sp³-hybridized carbons (Fsp3) is 0.684. The molecule has 146 valence electrons. The van der Waals surface area contributed by atoms with Crippen molar-refractivity contribution in [2.24, 2.45) is 20.0 Å². The molecule has 3 rings (SSSR count). The van der Waals surface area contributed by atoms with E-state index in [0.717, 1.165) is 30.3 Å². The molecular formula is C19H27N5O3. The molecule has 1 N–H and O–H groups in total. The Morgan fingerprint density at radius 3 is 2.33 bits per heavy atom. The second kappa shape index (κ2) is 7.99. The van der Waals surface area contributed by atoms with Crippen LogP contribution in [0.5, 0.6) is 0 Å². The van der Waals surface area contributed by atoms with Crippen LogP contribution in [0.15, 0.2) is 9.59 Å². The van der Waals surface area contributed by atoms with Gasteiger partial charge in [-0.2, -0.15) is 5.26 Å². The zero-order valence-corrected chi connectivity index (χ0v) is 16.0. The van der Waals surface area contributed by atoms with Crippen LogP contribution in [0, 0.1) is 17.2 Å². The van der Waals surface area contributed by atoms with Gasteiger partial charge in [0, 0.05) is 39.6 Å².